The quantitative estimate of drug-likeness (QED) is 0.906. The number of rotatable bonds is 4. The smallest absolute Gasteiger partial charge is 0.355 e. The third-order valence-corrected chi connectivity index (χ3v) is 4.21. The number of aromatic nitrogens is 1. The monoisotopic (exact) mass is 270 g/mol. The molecule has 0 saturated carbocycles. The fourth-order valence-corrected chi connectivity index (χ4v) is 3.26. The summed E-state index contributed by atoms with van der Waals surface area (Å²) in [5.41, 5.74) is 0.184. The molecule has 1 atom stereocenters. The minimum absolute atomic E-state index is 0.184. The summed E-state index contributed by atoms with van der Waals surface area (Å²) in [5, 5.41) is 9.84. The van der Waals surface area contributed by atoms with E-state index in [9.17, 15) is 4.79 Å². The summed E-state index contributed by atoms with van der Waals surface area (Å²) >= 11 is 1.46. The van der Waals surface area contributed by atoms with Crippen LogP contribution in [0.4, 0.5) is 5.13 Å². The van der Waals surface area contributed by atoms with Gasteiger partial charge in [0.2, 0.25) is 0 Å². The second-order valence-corrected chi connectivity index (χ2v) is 5.80. The lowest BCUT2D eigenvalue weighted by Crippen LogP contribution is -2.37. The SMILES string of the molecule is COCC1CCCN(c2nc(C(=O)O)c(C)s2)C1. The molecule has 0 spiro atoms. The number of methoxy groups -OCH3 is 1. The fourth-order valence-electron chi connectivity index (χ4n) is 2.33. The molecule has 1 aromatic heterocycles. The van der Waals surface area contributed by atoms with Crippen LogP contribution < -0.4 is 4.90 Å². The molecule has 0 radical (unpaired) electrons. The van der Waals surface area contributed by atoms with Crippen molar-refractivity contribution in [2.24, 2.45) is 5.92 Å². The lowest BCUT2D eigenvalue weighted by atomic mass is 9.99. The zero-order valence-corrected chi connectivity index (χ0v) is 11.5. The first-order chi connectivity index (χ1) is 8.61. The van der Waals surface area contributed by atoms with Crippen molar-refractivity contribution >= 4 is 22.4 Å². The molecule has 5 nitrogen and oxygen atoms in total. The molecule has 1 N–H and O–H groups in total. The number of carbonyl (C=O) groups is 1. The molecule has 6 heteroatoms. The summed E-state index contributed by atoms with van der Waals surface area (Å²) in [6.45, 7) is 4.42. The minimum atomic E-state index is -0.944. The van der Waals surface area contributed by atoms with E-state index >= 15 is 0 Å². The maximum Gasteiger partial charge on any atom is 0.355 e. The van der Waals surface area contributed by atoms with Crippen molar-refractivity contribution in [1.29, 1.82) is 0 Å². The molecule has 0 bridgehead atoms. The highest BCUT2D eigenvalue weighted by Gasteiger charge is 2.24. The molecule has 0 amide bonds. The Hall–Kier alpha value is -1.14. The average Bonchev–Trinajstić information content (AvgIpc) is 2.72. The second kappa shape index (κ2) is 5.67. The van der Waals surface area contributed by atoms with Crippen LogP contribution in [0.1, 0.15) is 28.2 Å². The van der Waals surface area contributed by atoms with Gasteiger partial charge in [0.25, 0.3) is 0 Å². The van der Waals surface area contributed by atoms with E-state index < -0.39 is 5.97 Å². The number of nitrogens with zero attached hydrogens (tertiary/aromatic N) is 2. The molecule has 0 aliphatic carbocycles. The number of hydrogen-bond acceptors (Lipinski definition) is 5. The zero-order chi connectivity index (χ0) is 13.1. The van der Waals surface area contributed by atoms with Crippen molar-refractivity contribution in [3.8, 4) is 0 Å². The Morgan fingerprint density at radius 2 is 2.44 bits per heavy atom. The van der Waals surface area contributed by atoms with E-state index in [4.69, 9.17) is 9.84 Å². The van der Waals surface area contributed by atoms with E-state index in [1.807, 2.05) is 0 Å². The third kappa shape index (κ3) is 2.81. The molecule has 18 heavy (non-hydrogen) atoms. The summed E-state index contributed by atoms with van der Waals surface area (Å²) < 4.78 is 5.19. The molecule has 1 aliphatic rings. The van der Waals surface area contributed by atoms with Crippen LogP contribution in [0, 0.1) is 12.8 Å². The van der Waals surface area contributed by atoms with Crippen LogP contribution in [0.3, 0.4) is 0 Å². The van der Waals surface area contributed by atoms with Gasteiger partial charge >= 0.3 is 5.97 Å². The van der Waals surface area contributed by atoms with Gasteiger partial charge in [0.05, 0.1) is 6.61 Å². The summed E-state index contributed by atoms with van der Waals surface area (Å²) in [6.07, 6.45) is 2.27. The summed E-state index contributed by atoms with van der Waals surface area (Å²) in [5.74, 6) is -0.429. The lowest BCUT2D eigenvalue weighted by molar-refractivity contribution is 0.0690. The van der Waals surface area contributed by atoms with Gasteiger partial charge in [-0.25, -0.2) is 9.78 Å². The van der Waals surface area contributed by atoms with Crippen LogP contribution in [0.15, 0.2) is 0 Å². The molecule has 1 unspecified atom stereocenters. The number of aryl methyl sites for hydroxylation is 1. The Kier molecular flexibility index (Phi) is 4.19. The fraction of sp³-hybridized carbons (Fsp3) is 0.667. The predicted molar refractivity (Wildman–Crippen MR) is 70.6 cm³/mol. The number of ether oxygens (including phenoxy) is 1. The van der Waals surface area contributed by atoms with Gasteiger partial charge in [-0.2, -0.15) is 0 Å². The first kappa shape index (κ1) is 13.3. The van der Waals surface area contributed by atoms with E-state index in [2.05, 4.69) is 9.88 Å². The Balaban J connectivity index is 2.11. The normalized spacial score (nSPS) is 20.1. The van der Waals surface area contributed by atoms with E-state index in [0.717, 1.165) is 36.1 Å². The van der Waals surface area contributed by atoms with Crippen molar-refractivity contribution < 1.29 is 14.6 Å². The van der Waals surface area contributed by atoms with E-state index in [0.29, 0.717) is 5.92 Å². The first-order valence-electron chi connectivity index (χ1n) is 6.06. The van der Waals surface area contributed by atoms with Crippen molar-refractivity contribution in [2.75, 3.05) is 31.7 Å². The Bertz CT molecular complexity index is 431. The van der Waals surface area contributed by atoms with Crippen LogP contribution in [0.5, 0.6) is 0 Å². The highest BCUT2D eigenvalue weighted by molar-refractivity contribution is 7.15. The van der Waals surface area contributed by atoms with E-state index in [1.54, 1.807) is 14.0 Å². The van der Waals surface area contributed by atoms with Crippen molar-refractivity contribution in [3.63, 3.8) is 0 Å². The molecular weight excluding hydrogens is 252 g/mol. The third-order valence-electron chi connectivity index (χ3n) is 3.18. The van der Waals surface area contributed by atoms with Gasteiger partial charge in [-0.3, -0.25) is 0 Å². The molecule has 1 aliphatic heterocycles. The highest BCUT2D eigenvalue weighted by Crippen LogP contribution is 2.29. The molecule has 100 valence electrons. The number of thiazole rings is 1. The van der Waals surface area contributed by atoms with Gasteiger partial charge in [-0.15, -0.1) is 11.3 Å². The summed E-state index contributed by atoms with van der Waals surface area (Å²) in [7, 11) is 1.72. The molecular formula is C12H18N2O3S. The molecule has 1 saturated heterocycles. The zero-order valence-electron chi connectivity index (χ0n) is 10.7. The number of aromatic carboxylic acids is 1. The highest BCUT2D eigenvalue weighted by atomic mass is 32.1. The van der Waals surface area contributed by atoms with E-state index in [-0.39, 0.29) is 5.69 Å². The number of piperidine rings is 1. The molecule has 2 heterocycles. The molecule has 1 fully saturated rings. The number of carboxylic acid groups (broad SMARTS) is 1. The van der Waals surface area contributed by atoms with Gasteiger partial charge in [0, 0.05) is 25.1 Å². The van der Waals surface area contributed by atoms with Gasteiger partial charge < -0.3 is 14.7 Å². The number of hydrogen-bond donors (Lipinski definition) is 1. The van der Waals surface area contributed by atoms with Crippen molar-refractivity contribution in [3.05, 3.63) is 10.6 Å². The summed E-state index contributed by atoms with van der Waals surface area (Å²) in [6, 6.07) is 0. The molecule has 0 aromatic carbocycles. The van der Waals surface area contributed by atoms with Crippen LogP contribution in [-0.2, 0) is 4.74 Å². The maximum atomic E-state index is 11.0. The number of anilines is 1. The first-order valence-corrected chi connectivity index (χ1v) is 6.88. The van der Waals surface area contributed by atoms with Crippen LogP contribution in [0.25, 0.3) is 0 Å². The second-order valence-electron chi connectivity index (χ2n) is 4.62. The van der Waals surface area contributed by atoms with Gasteiger partial charge in [0.1, 0.15) is 0 Å². The van der Waals surface area contributed by atoms with Crippen LogP contribution in [0.2, 0.25) is 0 Å². The average molecular weight is 270 g/mol. The van der Waals surface area contributed by atoms with Gasteiger partial charge in [0.15, 0.2) is 10.8 Å². The number of carboxylic acids is 1. The van der Waals surface area contributed by atoms with Gasteiger partial charge in [-0.1, -0.05) is 0 Å². The topological polar surface area (TPSA) is 62.7 Å². The largest absolute Gasteiger partial charge is 0.476 e. The van der Waals surface area contributed by atoms with Crippen LogP contribution >= 0.6 is 11.3 Å². The maximum absolute atomic E-state index is 11.0. The Morgan fingerprint density at radius 1 is 1.67 bits per heavy atom. The predicted octanol–water partition coefficient (Wildman–Crippen LogP) is 2.01. The molecule has 1 aromatic rings. The summed E-state index contributed by atoms with van der Waals surface area (Å²) in [4.78, 5) is 18.2. The van der Waals surface area contributed by atoms with Crippen LogP contribution in [-0.4, -0.2) is 42.9 Å². The molecule has 2 rings (SSSR count). The Labute approximate surface area is 110 Å². The van der Waals surface area contributed by atoms with Crippen molar-refractivity contribution in [2.45, 2.75) is 19.8 Å². The minimum Gasteiger partial charge on any atom is -0.476 e. The Morgan fingerprint density at radius 3 is 3.06 bits per heavy atom. The standard InChI is InChI=1S/C12H18N2O3S/c1-8-10(11(15)16)13-12(18-8)14-5-3-4-9(6-14)7-17-2/h9H,3-7H2,1-2H3,(H,15,16). The van der Waals surface area contributed by atoms with Crippen molar-refractivity contribution in [1.82, 2.24) is 4.98 Å². The lowest BCUT2D eigenvalue weighted by Gasteiger charge is -2.32. The van der Waals surface area contributed by atoms with Gasteiger partial charge in [-0.05, 0) is 25.7 Å². The van der Waals surface area contributed by atoms with E-state index in [1.165, 1.54) is 17.8 Å².